The quantitative estimate of drug-likeness (QED) is 0.451. The van der Waals surface area contributed by atoms with Crippen LogP contribution in [-0.4, -0.2) is 42.1 Å². The van der Waals surface area contributed by atoms with Gasteiger partial charge in [-0.15, -0.1) is 0 Å². The zero-order valence-corrected chi connectivity index (χ0v) is 15.3. The Morgan fingerprint density at radius 2 is 1.17 bits per heavy atom. The minimum Gasteiger partial charge on any atom is -0.376 e. The summed E-state index contributed by atoms with van der Waals surface area (Å²) in [5.74, 6) is 1.59. The van der Waals surface area contributed by atoms with Gasteiger partial charge in [0.2, 0.25) is 0 Å². The molecular formula is C14H32O3Si. The molecule has 110 valence electrons. The first kappa shape index (κ1) is 18.1. The Labute approximate surface area is 116 Å². The van der Waals surface area contributed by atoms with Crippen molar-refractivity contribution in [3.8, 4) is 0 Å². The molecule has 0 amide bonds. The van der Waals surface area contributed by atoms with E-state index in [1.165, 1.54) is 0 Å². The van der Waals surface area contributed by atoms with E-state index in [1.54, 1.807) is 0 Å². The topological polar surface area (TPSA) is 27.7 Å². The normalized spacial score (nSPS) is 13.2. The molecule has 0 aromatic carbocycles. The van der Waals surface area contributed by atoms with Crippen LogP contribution < -0.4 is 0 Å². The lowest BCUT2D eigenvalue weighted by Crippen LogP contribution is -2.43. The van der Waals surface area contributed by atoms with Gasteiger partial charge in [-0.05, 0) is 17.8 Å². The van der Waals surface area contributed by atoms with Gasteiger partial charge in [-0.2, -0.15) is 0 Å². The van der Waals surface area contributed by atoms with Gasteiger partial charge in [0, 0.05) is 6.61 Å². The summed E-state index contributed by atoms with van der Waals surface area (Å²) in [5, 5.41) is 0. The summed E-state index contributed by atoms with van der Waals surface area (Å²) < 4.78 is 17.6. The Kier molecular flexibility index (Phi) is 9.12. The van der Waals surface area contributed by atoms with E-state index in [1.807, 2.05) is 0 Å². The zero-order chi connectivity index (χ0) is 14.2. The standard InChI is InChI=1S/C14H32O3Si/c1-11(2)7-15-10-14(18,16-8-12(3)4)17-9-13(5)6/h11-13H,7-10H2,1-6,18H3. The molecule has 0 rings (SSSR count). The maximum atomic E-state index is 5.94. The molecule has 0 saturated heterocycles. The largest absolute Gasteiger partial charge is 0.376 e. The van der Waals surface area contributed by atoms with Crippen LogP contribution in [0.2, 0.25) is 0 Å². The third kappa shape index (κ3) is 10.1. The van der Waals surface area contributed by atoms with Gasteiger partial charge in [0.15, 0.2) is 5.41 Å². The molecule has 0 aliphatic carbocycles. The molecule has 0 spiro atoms. The van der Waals surface area contributed by atoms with Crippen molar-refractivity contribution < 1.29 is 14.2 Å². The van der Waals surface area contributed by atoms with Crippen molar-refractivity contribution in [3.05, 3.63) is 0 Å². The maximum absolute atomic E-state index is 5.94. The molecule has 0 fully saturated rings. The summed E-state index contributed by atoms with van der Waals surface area (Å²) >= 11 is 0. The highest BCUT2D eigenvalue weighted by atomic mass is 28.1. The van der Waals surface area contributed by atoms with Gasteiger partial charge in [0.1, 0.15) is 0 Å². The molecule has 0 atom stereocenters. The lowest BCUT2D eigenvalue weighted by molar-refractivity contribution is -0.216. The first-order chi connectivity index (χ1) is 8.25. The van der Waals surface area contributed by atoms with Crippen molar-refractivity contribution in [1.82, 2.24) is 0 Å². The molecule has 0 saturated carbocycles. The van der Waals surface area contributed by atoms with Crippen LogP contribution in [0.25, 0.3) is 0 Å². The molecule has 18 heavy (non-hydrogen) atoms. The average molecular weight is 276 g/mol. The fourth-order valence-corrected chi connectivity index (χ4v) is 1.83. The van der Waals surface area contributed by atoms with Gasteiger partial charge in [-0.25, -0.2) is 0 Å². The zero-order valence-electron chi connectivity index (χ0n) is 13.3. The van der Waals surface area contributed by atoms with E-state index in [9.17, 15) is 0 Å². The second kappa shape index (κ2) is 9.07. The number of hydrogen-bond acceptors (Lipinski definition) is 3. The molecule has 0 unspecified atom stereocenters. The minimum atomic E-state index is -0.483. The maximum Gasteiger partial charge on any atom is 0.163 e. The van der Waals surface area contributed by atoms with Crippen molar-refractivity contribution in [2.24, 2.45) is 17.8 Å². The predicted molar refractivity (Wildman–Crippen MR) is 79.9 cm³/mol. The highest BCUT2D eigenvalue weighted by Crippen LogP contribution is 2.14. The molecule has 0 aliphatic heterocycles. The van der Waals surface area contributed by atoms with Crippen LogP contribution in [0.3, 0.4) is 0 Å². The Morgan fingerprint density at radius 1 is 0.778 bits per heavy atom. The number of rotatable bonds is 10. The molecule has 4 heteroatoms. The average Bonchev–Trinajstić information content (AvgIpc) is 2.23. The number of hydrogen-bond donors (Lipinski definition) is 0. The van der Waals surface area contributed by atoms with Gasteiger partial charge >= 0.3 is 0 Å². The molecule has 0 N–H and O–H groups in total. The second-order valence-electron chi connectivity index (χ2n) is 6.45. The van der Waals surface area contributed by atoms with Crippen molar-refractivity contribution in [3.63, 3.8) is 0 Å². The third-order valence-electron chi connectivity index (χ3n) is 2.26. The van der Waals surface area contributed by atoms with Gasteiger partial charge in [0.05, 0.1) is 30.1 Å². The highest BCUT2D eigenvalue weighted by Gasteiger charge is 2.27. The predicted octanol–water partition coefficient (Wildman–Crippen LogP) is 2.02. The lowest BCUT2D eigenvalue weighted by atomic mass is 10.2. The van der Waals surface area contributed by atoms with Crippen LogP contribution in [0, 0.1) is 17.8 Å². The fourth-order valence-electron chi connectivity index (χ4n) is 1.29. The molecule has 0 radical (unpaired) electrons. The first-order valence-corrected chi connectivity index (χ1v) is 8.11. The summed E-state index contributed by atoms with van der Waals surface area (Å²) in [6.07, 6.45) is 0. The summed E-state index contributed by atoms with van der Waals surface area (Å²) in [6, 6.07) is 0. The molecule has 3 nitrogen and oxygen atoms in total. The molecule has 0 bridgehead atoms. The van der Waals surface area contributed by atoms with Gasteiger partial charge < -0.3 is 14.2 Å². The summed E-state index contributed by atoms with van der Waals surface area (Å²) in [7, 11) is 0.820. The molecule has 0 aliphatic rings. The fraction of sp³-hybridized carbons (Fsp3) is 1.00. The summed E-state index contributed by atoms with van der Waals surface area (Å²) in [4.78, 5) is 0. The minimum absolute atomic E-state index is 0.483. The Hall–Kier alpha value is 0.0969. The van der Waals surface area contributed by atoms with E-state index in [-0.39, 0.29) is 0 Å². The van der Waals surface area contributed by atoms with Crippen molar-refractivity contribution in [1.29, 1.82) is 0 Å². The van der Waals surface area contributed by atoms with Crippen LogP contribution in [0.15, 0.2) is 0 Å². The number of ether oxygens (including phenoxy) is 3. The third-order valence-corrected chi connectivity index (χ3v) is 3.13. The van der Waals surface area contributed by atoms with E-state index < -0.39 is 5.41 Å². The second-order valence-corrected chi connectivity index (χ2v) is 7.98. The smallest absolute Gasteiger partial charge is 0.163 e. The van der Waals surface area contributed by atoms with Gasteiger partial charge in [0.25, 0.3) is 0 Å². The molecule has 0 aromatic rings. The van der Waals surface area contributed by atoms with Crippen LogP contribution in [0.4, 0.5) is 0 Å². The SMILES string of the molecule is CC(C)COCC([SiH3])(OCC(C)C)OCC(C)C. The van der Waals surface area contributed by atoms with Gasteiger partial charge in [-0.1, -0.05) is 41.5 Å². The van der Waals surface area contributed by atoms with E-state index in [0.717, 1.165) is 30.1 Å². The summed E-state index contributed by atoms with van der Waals surface area (Å²) in [5.41, 5.74) is -0.483. The molecule has 0 heterocycles. The Morgan fingerprint density at radius 3 is 1.50 bits per heavy atom. The summed E-state index contributed by atoms with van der Waals surface area (Å²) in [6.45, 7) is 15.7. The Balaban J connectivity index is 4.20. The first-order valence-electron chi connectivity index (χ1n) is 7.11. The Bertz CT molecular complexity index is 193. The van der Waals surface area contributed by atoms with Crippen molar-refractivity contribution >= 4 is 10.2 Å². The lowest BCUT2D eigenvalue weighted by Gasteiger charge is -2.32. The molecule has 0 aromatic heterocycles. The van der Waals surface area contributed by atoms with E-state index in [4.69, 9.17) is 14.2 Å². The van der Waals surface area contributed by atoms with E-state index >= 15 is 0 Å². The van der Waals surface area contributed by atoms with E-state index in [0.29, 0.717) is 24.4 Å². The van der Waals surface area contributed by atoms with Crippen LogP contribution in [0.1, 0.15) is 41.5 Å². The van der Waals surface area contributed by atoms with Crippen LogP contribution in [0.5, 0.6) is 0 Å². The van der Waals surface area contributed by atoms with Crippen molar-refractivity contribution in [2.45, 2.75) is 47.0 Å². The molecular weight excluding hydrogens is 244 g/mol. The van der Waals surface area contributed by atoms with Crippen LogP contribution >= 0.6 is 0 Å². The van der Waals surface area contributed by atoms with Crippen molar-refractivity contribution in [2.75, 3.05) is 26.4 Å². The highest BCUT2D eigenvalue weighted by molar-refractivity contribution is 6.13. The monoisotopic (exact) mass is 276 g/mol. The van der Waals surface area contributed by atoms with Gasteiger partial charge in [-0.3, -0.25) is 0 Å². The van der Waals surface area contributed by atoms with Crippen LogP contribution in [-0.2, 0) is 14.2 Å². The van der Waals surface area contributed by atoms with E-state index in [2.05, 4.69) is 41.5 Å².